The van der Waals surface area contributed by atoms with Gasteiger partial charge in [-0.3, -0.25) is 4.57 Å². The first-order valence-corrected chi connectivity index (χ1v) is 3.27. The Balaban J connectivity index is 3.30. The summed E-state index contributed by atoms with van der Waals surface area (Å²) >= 11 is 0. The molecule has 4 N–H and O–H groups in total. The highest BCUT2D eigenvalue weighted by atomic mass is 16.3. The van der Waals surface area contributed by atoms with Crippen molar-refractivity contribution < 1.29 is 5.11 Å². The van der Waals surface area contributed by atoms with E-state index in [9.17, 15) is 9.90 Å². The third-order valence-electron chi connectivity index (χ3n) is 1.56. The maximum Gasteiger partial charge on any atom is 0.328 e. The molecule has 0 aliphatic rings. The van der Waals surface area contributed by atoms with Gasteiger partial charge in [-0.15, -0.1) is 0 Å². The van der Waals surface area contributed by atoms with Gasteiger partial charge in [-0.05, 0) is 6.92 Å². The van der Waals surface area contributed by atoms with E-state index in [4.69, 9.17) is 5.73 Å². The van der Waals surface area contributed by atoms with Crippen LogP contribution in [-0.2, 0) is 7.05 Å². The van der Waals surface area contributed by atoms with Gasteiger partial charge in [-0.1, -0.05) is 0 Å². The van der Waals surface area contributed by atoms with Crippen molar-refractivity contribution in [3.63, 3.8) is 0 Å². The summed E-state index contributed by atoms with van der Waals surface area (Å²) in [5.41, 5.74) is 5.47. The highest BCUT2D eigenvalue weighted by molar-refractivity contribution is 5.20. The van der Waals surface area contributed by atoms with Crippen LogP contribution in [-0.4, -0.2) is 14.7 Å². The van der Waals surface area contributed by atoms with Gasteiger partial charge in [-0.2, -0.15) is 0 Å². The Morgan fingerprint density at radius 2 is 2.27 bits per heavy atom. The van der Waals surface area contributed by atoms with E-state index < -0.39 is 0 Å². The number of aromatic amines is 1. The maximum absolute atomic E-state index is 10.9. The van der Waals surface area contributed by atoms with Crippen LogP contribution >= 0.6 is 0 Å². The first-order chi connectivity index (χ1) is 5.04. The summed E-state index contributed by atoms with van der Waals surface area (Å²) in [5.74, 6) is -0.0926. The quantitative estimate of drug-likeness (QED) is 0.510. The highest BCUT2D eigenvalue weighted by Gasteiger charge is 2.12. The van der Waals surface area contributed by atoms with E-state index in [1.807, 2.05) is 0 Å². The number of hydrogen-bond donors (Lipinski definition) is 3. The van der Waals surface area contributed by atoms with Crippen LogP contribution in [0.5, 0.6) is 5.88 Å². The molecule has 1 unspecified atom stereocenters. The van der Waals surface area contributed by atoms with E-state index in [1.54, 1.807) is 6.92 Å². The van der Waals surface area contributed by atoms with Crippen LogP contribution in [0.4, 0.5) is 0 Å². The number of nitrogens with one attached hydrogen (secondary N) is 1. The van der Waals surface area contributed by atoms with E-state index in [-0.39, 0.29) is 17.6 Å². The lowest BCUT2D eigenvalue weighted by Crippen LogP contribution is -2.12. The zero-order valence-electron chi connectivity index (χ0n) is 6.46. The van der Waals surface area contributed by atoms with Crippen LogP contribution in [0.1, 0.15) is 18.7 Å². The lowest BCUT2D eigenvalue weighted by atomic mass is 10.3. The second-order valence-corrected chi connectivity index (χ2v) is 2.52. The van der Waals surface area contributed by atoms with Gasteiger partial charge in [0.15, 0.2) is 0 Å². The van der Waals surface area contributed by atoms with Crippen molar-refractivity contribution in [3.8, 4) is 5.88 Å². The average molecular weight is 157 g/mol. The molecule has 0 saturated carbocycles. The summed E-state index contributed by atoms with van der Waals surface area (Å²) in [6, 6.07) is -0.358. The van der Waals surface area contributed by atoms with Gasteiger partial charge in [0.1, 0.15) is 0 Å². The number of nitrogens with zero attached hydrogens (tertiary/aromatic N) is 1. The van der Waals surface area contributed by atoms with Crippen LogP contribution in [0.3, 0.4) is 0 Å². The minimum absolute atomic E-state index is 0.0926. The van der Waals surface area contributed by atoms with Crippen LogP contribution < -0.4 is 11.4 Å². The van der Waals surface area contributed by atoms with Gasteiger partial charge in [-0.25, -0.2) is 4.79 Å². The van der Waals surface area contributed by atoms with Crippen molar-refractivity contribution in [2.75, 3.05) is 0 Å². The molecule has 0 fully saturated rings. The van der Waals surface area contributed by atoms with Crippen molar-refractivity contribution in [2.45, 2.75) is 13.0 Å². The molecular formula is C6H11N3O2. The van der Waals surface area contributed by atoms with Gasteiger partial charge >= 0.3 is 5.69 Å². The number of imidazole rings is 1. The minimum atomic E-state index is -0.358. The van der Waals surface area contributed by atoms with Crippen LogP contribution in [0.15, 0.2) is 4.79 Å². The smallest absolute Gasteiger partial charge is 0.328 e. The second kappa shape index (κ2) is 2.43. The monoisotopic (exact) mass is 157 g/mol. The largest absolute Gasteiger partial charge is 0.493 e. The summed E-state index contributed by atoms with van der Waals surface area (Å²) in [6.45, 7) is 1.69. The SMILES string of the molecule is CC(N)c1[nH]c(=O)n(C)c1O. The fourth-order valence-electron chi connectivity index (χ4n) is 0.849. The Kier molecular flexibility index (Phi) is 1.74. The highest BCUT2D eigenvalue weighted by Crippen LogP contribution is 2.16. The van der Waals surface area contributed by atoms with Gasteiger partial charge in [0.05, 0.1) is 5.69 Å². The molecule has 1 aromatic heterocycles. The van der Waals surface area contributed by atoms with Crippen molar-refractivity contribution >= 4 is 0 Å². The normalized spacial score (nSPS) is 13.4. The fraction of sp³-hybridized carbons (Fsp3) is 0.500. The predicted molar refractivity (Wildman–Crippen MR) is 40.3 cm³/mol. The number of H-pyrrole nitrogens is 1. The third kappa shape index (κ3) is 1.14. The zero-order valence-corrected chi connectivity index (χ0v) is 6.46. The molecule has 5 nitrogen and oxygen atoms in total. The Hall–Kier alpha value is -1.23. The zero-order chi connectivity index (χ0) is 8.59. The first kappa shape index (κ1) is 7.87. The van der Waals surface area contributed by atoms with Gasteiger partial charge in [0.2, 0.25) is 5.88 Å². The molecule has 1 rings (SSSR count). The maximum atomic E-state index is 10.9. The standard InChI is InChI=1S/C6H11N3O2/c1-3(7)4-5(10)9(2)6(11)8-4/h3,10H,7H2,1-2H3,(H,8,11). The second-order valence-electron chi connectivity index (χ2n) is 2.52. The molecule has 0 bridgehead atoms. The first-order valence-electron chi connectivity index (χ1n) is 3.27. The van der Waals surface area contributed by atoms with Gasteiger partial charge in [0, 0.05) is 13.1 Å². The topological polar surface area (TPSA) is 84.0 Å². The number of nitrogens with two attached hydrogens (primary N) is 1. The Morgan fingerprint density at radius 3 is 2.45 bits per heavy atom. The van der Waals surface area contributed by atoms with E-state index in [1.165, 1.54) is 7.05 Å². The lowest BCUT2D eigenvalue weighted by molar-refractivity contribution is 0.420. The number of aromatic hydroxyl groups is 1. The minimum Gasteiger partial charge on any atom is -0.493 e. The van der Waals surface area contributed by atoms with Gasteiger partial charge < -0.3 is 15.8 Å². The molecule has 0 radical (unpaired) electrons. The Morgan fingerprint density at radius 1 is 1.73 bits per heavy atom. The van der Waals surface area contributed by atoms with Crippen molar-refractivity contribution in [2.24, 2.45) is 12.8 Å². The van der Waals surface area contributed by atoms with Crippen molar-refractivity contribution in [1.82, 2.24) is 9.55 Å². The van der Waals surface area contributed by atoms with Crippen molar-refractivity contribution in [3.05, 3.63) is 16.2 Å². The average Bonchev–Trinajstić information content (AvgIpc) is 2.17. The van der Waals surface area contributed by atoms with E-state index in [0.717, 1.165) is 4.57 Å². The van der Waals surface area contributed by atoms with Crippen LogP contribution in [0.25, 0.3) is 0 Å². The molecular weight excluding hydrogens is 146 g/mol. The molecule has 0 amide bonds. The summed E-state index contributed by atoms with van der Waals surface area (Å²) in [7, 11) is 1.47. The predicted octanol–water partition coefficient (Wildman–Crippen LogP) is -0.561. The van der Waals surface area contributed by atoms with Crippen molar-refractivity contribution in [1.29, 1.82) is 0 Å². The van der Waals surface area contributed by atoms with Crippen LogP contribution in [0, 0.1) is 0 Å². The number of aromatic nitrogens is 2. The lowest BCUT2D eigenvalue weighted by Gasteiger charge is -2.00. The van der Waals surface area contributed by atoms with Gasteiger partial charge in [0.25, 0.3) is 0 Å². The Labute approximate surface area is 63.5 Å². The molecule has 0 aliphatic carbocycles. The van der Waals surface area contributed by atoms with E-state index >= 15 is 0 Å². The van der Waals surface area contributed by atoms with E-state index in [0.29, 0.717) is 5.69 Å². The van der Waals surface area contributed by atoms with E-state index in [2.05, 4.69) is 4.98 Å². The summed E-state index contributed by atoms with van der Waals surface area (Å²) < 4.78 is 1.11. The molecule has 0 aromatic carbocycles. The summed E-state index contributed by atoms with van der Waals surface area (Å²) in [5, 5.41) is 9.24. The molecule has 1 aromatic rings. The fourth-order valence-corrected chi connectivity index (χ4v) is 0.849. The van der Waals surface area contributed by atoms with Crippen LogP contribution in [0.2, 0.25) is 0 Å². The molecule has 0 spiro atoms. The molecule has 62 valence electrons. The summed E-state index contributed by atoms with van der Waals surface area (Å²) in [4.78, 5) is 13.3. The molecule has 1 heterocycles. The summed E-state index contributed by atoms with van der Waals surface area (Å²) in [6.07, 6.45) is 0. The molecule has 0 saturated heterocycles. The molecule has 11 heavy (non-hydrogen) atoms. The molecule has 0 aliphatic heterocycles. The number of rotatable bonds is 1. The molecule has 5 heteroatoms. The number of hydrogen-bond acceptors (Lipinski definition) is 3. The molecule has 1 atom stereocenters. The Bertz CT molecular complexity index is 310. The third-order valence-corrected chi connectivity index (χ3v) is 1.56.